The van der Waals surface area contributed by atoms with E-state index in [1.165, 1.54) is 0 Å². The molecule has 1 N–H and O–H groups in total. The summed E-state index contributed by atoms with van der Waals surface area (Å²) in [6.45, 7) is 2.03. The molecule has 0 radical (unpaired) electrons. The number of aromatic carboxylic acids is 1. The van der Waals surface area contributed by atoms with Gasteiger partial charge in [-0.1, -0.05) is 11.6 Å². The first-order valence-corrected chi connectivity index (χ1v) is 5.62. The number of hydrogen-bond acceptors (Lipinski definition) is 4. The minimum atomic E-state index is -1.19. The Labute approximate surface area is 108 Å². The third-order valence-electron chi connectivity index (χ3n) is 2.17. The Kier molecular flexibility index (Phi) is 3.53. The molecule has 0 atom stereocenters. The molecule has 0 saturated heterocycles. The highest BCUT2D eigenvalue weighted by atomic mass is 35.5. The Balaban J connectivity index is 2.42. The molecule has 0 bridgehead atoms. The van der Waals surface area contributed by atoms with E-state index in [9.17, 15) is 4.79 Å². The van der Waals surface area contributed by atoms with Crippen molar-refractivity contribution in [2.45, 2.75) is 6.92 Å². The number of carboxylic acid groups (broad SMARTS) is 1. The van der Waals surface area contributed by atoms with Gasteiger partial charge in [0.1, 0.15) is 0 Å². The zero-order chi connectivity index (χ0) is 13.1. The molecule has 0 fully saturated rings. The van der Waals surface area contributed by atoms with E-state index >= 15 is 0 Å². The van der Waals surface area contributed by atoms with E-state index in [0.29, 0.717) is 17.2 Å². The van der Waals surface area contributed by atoms with Gasteiger partial charge in [0, 0.05) is 10.6 Å². The lowest BCUT2D eigenvalue weighted by atomic mass is 10.2. The Morgan fingerprint density at radius 2 is 2.11 bits per heavy atom. The molecule has 0 aliphatic rings. The highest BCUT2D eigenvalue weighted by molar-refractivity contribution is 6.30. The van der Waals surface area contributed by atoms with E-state index in [2.05, 4.69) is 4.98 Å². The molecule has 5 nitrogen and oxygen atoms in total. The highest BCUT2D eigenvalue weighted by Crippen LogP contribution is 2.28. The topological polar surface area (TPSA) is 72.6 Å². The molecule has 2 rings (SSSR count). The molecule has 1 heterocycles. The molecule has 2 aromatic rings. The number of benzene rings is 1. The first kappa shape index (κ1) is 12.4. The van der Waals surface area contributed by atoms with Gasteiger partial charge in [-0.15, -0.1) is 0 Å². The summed E-state index contributed by atoms with van der Waals surface area (Å²) in [5.74, 6) is -1.09. The third-order valence-corrected chi connectivity index (χ3v) is 2.42. The summed E-state index contributed by atoms with van der Waals surface area (Å²) in [6.07, 6.45) is 0. The smallest absolute Gasteiger partial charge is 0.362 e. The Morgan fingerprint density at radius 1 is 1.44 bits per heavy atom. The van der Waals surface area contributed by atoms with Gasteiger partial charge in [0.05, 0.1) is 6.61 Å². The fourth-order valence-corrected chi connectivity index (χ4v) is 1.51. The summed E-state index contributed by atoms with van der Waals surface area (Å²) in [7, 11) is 0. The maximum atomic E-state index is 11.0. The molecule has 0 amide bonds. The number of aromatic nitrogens is 1. The van der Waals surface area contributed by atoms with Crippen LogP contribution < -0.4 is 4.74 Å². The van der Waals surface area contributed by atoms with Crippen LogP contribution in [0.5, 0.6) is 5.95 Å². The standard InChI is InChI=1S/C12H10ClNO4/c1-2-17-12-9(11(15)16)14-10(18-12)7-3-5-8(13)6-4-7/h3-6H,2H2,1H3,(H,15,16). The second-order valence-corrected chi connectivity index (χ2v) is 3.84. The van der Waals surface area contributed by atoms with Crippen LogP contribution in [0, 0.1) is 0 Å². The van der Waals surface area contributed by atoms with Crippen molar-refractivity contribution < 1.29 is 19.1 Å². The summed E-state index contributed by atoms with van der Waals surface area (Å²) in [5.41, 5.74) is 0.398. The van der Waals surface area contributed by atoms with Crippen molar-refractivity contribution in [2.24, 2.45) is 0 Å². The van der Waals surface area contributed by atoms with Gasteiger partial charge in [0.2, 0.25) is 11.6 Å². The van der Waals surface area contributed by atoms with Crippen molar-refractivity contribution in [1.82, 2.24) is 4.98 Å². The van der Waals surface area contributed by atoms with E-state index in [1.54, 1.807) is 31.2 Å². The quantitative estimate of drug-likeness (QED) is 0.921. The molecule has 0 unspecified atom stereocenters. The second kappa shape index (κ2) is 5.10. The second-order valence-electron chi connectivity index (χ2n) is 3.40. The van der Waals surface area contributed by atoms with E-state index < -0.39 is 5.97 Å². The third kappa shape index (κ3) is 2.46. The predicted octanol–water partition coefficient (Wildman–Crippen LogP) is 3.09. The van der Waals surface area contributed by atoms with Crippen LogP contribution in [0.4, 0.5) is 0 Å². The van der Waals surface area contributed by atoms with Crippen LogP contribution in [0.2, 0.25) is 5.02 Å². The van der Waals surface area contributed by atoms with Crippen LogP contribution in [-0.4, -0.2) is 22.7 Å². The van der Waals surface area contributed by atoms with Crippen molar-refractivity contribution in [1.29, 1.82) is 0 Å². The maximum absolute atomic E-state index is 11.0. The molecular weight excluding hydrogens is 258 g/mol. The number of carboxylic acids is 1. The van der Waals surface area contributed by atoms with Gasteiger partial charge in [-0.05, 0) is 31.2 Å². The molecule has 6 heteroatoms. The molecular formula is C12H10ClNO4. The molecule has 1 aromatic heterocycles. The van der Waals surface area contributed by atoms with E-state index in [1.807, 2.05) is 0 Å². The van der Waals surface area contributed by atoms with Crippen LogP contribution in [0.15, 0.2) is 28.7 Å². The van der Waals surface area contributed by atoms with Gasteiger partial charge in [0.25, 0.3) is 0 Å². The van der Waals surface area contributed by atoms with Gasteiger partial charge < -0.3 is 14.3 Å². The van der Waals surface area contributed by atoms with Crippen LogP contribution in [0.3, 0.4) is 0 Å². The van der Waals surface area contributed by atoms with Crippen LogP contribution in [-0.2, 0) is 0 Å². The fraction of sp³-hybridized carbons (Fsp3) is 0.167. The Bertz CT molecular complexity index is 562. The fourth-order valence-electron chi connectivity index (χ4n) is 1.39. The van der Waals surface area contributed by atoms with Crippen molar-refractivity contribution in [3.05, 3.63) is 35.0 Å². The summed E-state index contributed by atoms with van der Waals surface area (Å²) in [6, 6.07) is 6.72. The lowest BCUT2D eigenvalue weighted by Crippen LogP contribution is -2.01. The van der Waals surface area contributed by atoms with Gasteiger partial charge in [-0.25, -0.2) is 4.79 Å². The van der Waals surface area contributed by atoms with Crippen LogP contribution in [0.25, 0.3) is 11.5 Å². The summed E-state index contributed by atoms with van der Waals surface area (Å²) >= 11 is 5.77. The number of ether oxygens (including phenoxy) is 1. The van der Waals surface area contributed by atoms with E-state index in [0.717, 1.165) is 0 Å². The monoisotopic (exact) mass is 267 g/mol. The van der Waals surface area contributed by atoms with Crippen molar-refractivity contribution in [2.75, 3.05) is 6.61 Å². The van der Waals surface area contributed by atoms with E-state index in [-0.39, 0.29) is 17.5 Å². The van der Waals surface area contributed by atoms with Gasteiger partial charge in [0.15, 0.2) is 0 Å². The lowest BCUT2D eigenvalue weighted by Gasteiger charge is -1.97. The van der Waals surface area contributed by atoms with Gasteiger partial charge in [-0.2, -0.15) is 4.98 Å². The Hall–Kier alpha value is -2.01. The number of halogens is 1. The zero-order valence-electron chi connectivity index (χ0n) is 9.51. The van der Waals surface area contributed by atoms with Gasteiger partial charge >= 0.3 is 11.9 Å². The minimum absolute atomic E-state index is 0.0880. The average Bonchev–Trinajstić information content (AvgIpc) is 2.75. The first-order valence-electron chi connectivity index (χ1n) is 5.24. The van der Waals surface area contributed by atoms with Crippen molar-refractivity contribution >= 4 is 17.6 Å². The van der Waals surface area contributed by atoms with Crippen LogP contribution in [0.1, 0.15) is 17.4 Å². The number of nitrogens with zero attached hydrogens (tertiary/aromatic N) is 1. The first-order chi connectivity index (χ1) is 8.61. The Morgan fingerprint density at radius 3 is 2.67 bits per heavy atom. The molecule has 0 saturated carbocycles. The SMILES string of the molecule is CCOc1oc(-c2ccc(Cl)cc2)nc1C(=O)O. The number of rotatable bonds is 4. The lowest BCUT2D eigenvalue weighted by molar-refractivity contribution is 0.0683. The largest absolute Gasteiger partial charge is 0.476 e. The van der Waals surface area contributed by atoms with Crippen molar-refractivity contribution in [3.63, 3.8) is 0 Å². The number of hydrogen-bond donors (Lipinski definition) is 1. The molecule has 0 aliphatic carbocycles. The average molecular weight is 268 g/mol. The molecule has 18 heavy (non-hydrogen) atoms. The maximum Gasteiger partial charge on any atom is 0.362 e. The zero-order valence-corrected chi connectivity index (χ0v) is 10.3. The number of carbonyl (C=O) groups is 1. The highest BCUT2D eigenvalue weighted by Gasteiger charge is 2.21. The van der Waals surface area contributed by atoms with Crippen LogP contribution >= 0.6 is 11.6 Å². The molecule has 0 aliphatic heterocycles. The van der Waals surface area contributed by atoms with Gasteiger partial charge in [-0.3, -0.25) is 0 Å². The summed E-state index contributed by atoms with van der Waals surface area (Å²) in [4.78, 5) is 14.9. The molecule has 0 spiro atoms. The molecule has 94 valence electrons. The summed E-state index contributed by atoms with van der Waals surface area (Å²) < 4.78 is 10.4. The minimum Gasteiger partial charge on any atom is -0.476 e. The summed E-state index contributed by atoms with van der Waals surface area (Å²) in [5, 5.41) is 9.55. The molecule has 1 aromatic carbocycles. The van der Waals surface area contributed by atoms with Crippen molar-refractivity contribution in [3.8, 4) is 17.4 Å². The van der Waals surface area contributed by atoms with E-state index in [4.69, 9.17) is 25.9 Å². The number of oxazole rings is 1. The normalized spacial score (nSPS) is 10.3. The predicted molar refractivity (Wildman–Crippen MR) is 65.1 cm³/mol.